The highest BCUT2D eigenvalue weighted by molar-refractivity contribution is 8.01. The van der Waals surface area contributed by atoms with Gasteiger partial charge in [0.25, 0.3) is 0 Å². The van der Waals surface area contributed by atoms with Crippen molar-refractivity contribution < 1.29 is 14.3 Å². The van der Waals surface area contributed by atoms with Crippen molar-refractivity contribution in [3.05, 3.63) is 0 Å². The number of amides is 1. The van der Waals surface area contributed by atoms with Crippen molar-refractivity contribution in [2.75, 3.05) is 26.0 Å². The zero-order valence-electron chi connectivity index (χ0n) is 11.9. The van der Waals surface area contributed by atoms with E-state index < -0.39 is 5.41 Å². The number of ether oxygens (including phenoxy) is 1. The van der Waals surface area contributed by atoms with Crippen LogP contribution in [0.3, 0.4) is 0 Å². The van der Waals surface area contributed by atoms with E-state index in [1.165, 1.54) is 7.11 Å². The lowest BCUT2D eigenvalue weighted by atomic mass is 9.90. The van der Waals surface area contributed by atoms with E-state index in [0.717, 1.165) is 0 Å². The number of likely N-dealkylation sites (tertiary alicyclic amines) is 1. The van der Waals surface area contributed by atoms with Crippen LogP contribution in [0.5, 0.6) is 0 Å². The molecule has 0 radical (unpaired) electrons. The molecular weight excluding hydrogens is 250 g/mol. The molecule has 0 spiro atoms. The number of hydrogen-bond donors (Lipinski definition) is 0. The molecule has 1 fully saturated rings. The molecule has 0 bridgehead atoms. The fourth-order valence-electron chi connectivity index (χ4n) is 1.96. The molecule has 0 aromatic heterocycles. The van der Waals surface area contributed by atoms with E-state index in [1.807, 2.05) is 6.92 Å². The van der Waals surface area contributed by atoms with Gasteiger partial charge in [-0.3, -0.25) is 9.59 Å². The maximum absolute atomic E-state index is 12.0. The van der Waals surface area contributed by atoms with Gasteiger partial charge < -0.3 is 9.64 Å². The van der Waals surface area contributed by atoms with Crippen LogP contribution in [0, 0.1) is 5.41 Å². The summed E-state index contributed by atoms with van der Waals surface area (Å²) in [5.74, 6) is 0.365. The number of hydrogen-bond acceptors (Lipinski definition) is 4. The predicted octanol–water partition coefficient (Wildman–Crippen LogP) is 1.93. The van der Waals surface area contributed by atoms with Crippen LogP contribution in [-0.2, 0) is 14.3 Å². The van der Waals surface area contributed by atoms with Crippen LogP contribution in [0.1, 0.15) is 34.1 Å². The Kier molecular flexibility index (Phi) is 4.70. The van der Waals surface area contributed by atoms with Crippen molar-refractivity contribution in [3.63, 3.8) is 0 Å². The molecule has 1 aliphatic rings. The molecule has 0 aliphatic carbocycles. The fraction of sp³-hybridized carbons (Fsp3) is 0.846. The second-order valence-electron chi connectivity index (χ2n) is 6.02. The fourth-order valence-corrected chi connectivity index (χ4v) is 2.70. The van der Waals surface area contributed by atoms with Gasteiger partial charge in [0.2, 0.25) is 5.91 Å². The number of rotatable bonds is 3. The van der Waals surface area contributed by atoms with Crippen LogP contribution in [0.4, 0.5) is 0 Å². The second kappa shape index (κ2) is 5.51. The molecule has 1 rings (SSSR count). The van der Waals surface area contributed by atoms with Gasteiger partial charge in [0.1, 0.15) is 0 Å². The second-order valence-corrected chi connectivity index (χ2v) is 7.82. The van der Waals surface area contributed by atoms with Crippen molar-refractivity contribution in [2.45, 2.75) is 38.9 Å². The third kappa shape index (κ3) is 3.90. The summed E-state index contributed by atoms with van der Waals surface area (Å²) in [7, 11) is 1.40. The first-order valence-corrected chi connectivity index (χ1v) is 7.17. The highest BCUT2D eigenvalue weighted by atomic mass is 32.2. The Labute approximate surface area is 113 Å². The largest absolute Gasteiger partial charge is 0.469 e. The van der Waals surface area contributed by atoms with Gasteiger partial charge in [0.05, 0.1) is 18.3 Å². The van der Waals surface area contributed by atoms with Crippen LogP contribution in [0.15, 0.2) is 0 Å². The van der Waals surface area contributed by atoms with Crippen molar-refractivity contribution in [1.29, 1.82) is 0 Å². The first-order valence-electron chi connectivity index (χ1n) is 6.18. The van der Waals surface area contributed by atoms with E-state index >= 15 is 0 Å². The van der Waals surface area contributed by atoms with Crippen LogP contribution in [0.2, 0.25) is 0 Å². The maximum atomic E-state index is 12.0. The number of nitrogens with zero attached hydrogens (tertiary/aromatic N) is 1. The van der Waals surface area contributed by atoms with E-state index in [2.05, 4.69) is 20.8 Å². The van der Waals surface area contributed by atoms with E-state index in [9.17, 15) is 9.59 Å². The topological polar surface area (TPSA) is 46.6 Å². The molecule has 4 nitrogen and oxygen atoms in total. The molecule has 104 valence electrons. The van der Waals surface area contributed by atoms with Crippen molar-refractivity contribution in [1.82, 2.24) is 4.90 Å². The van der Waals surface area contributed by atoms with E-state index in [0.29, 0.717) is 25.3 Å². The molecule has 1 aliphatic heterocycles. The number of carbonyl (C=O) groups excluding carboxylic acids is 2. The summed E-state index contributed by atoms with van der Waals surface area (Å²) >= 11 is 1.64. The average molecular weight is 273 g/mol. The first-order chi connectivity index (χ1) is 8.18. The smallest absolute Gasteiger partial charge is 0.313 e. The van der Waals surface area contributed by atoms with Gasteiger partial charge in [-0.2, -0.15) is 0 Å². The summed E-state index contributed by atoms with van der Waals surface area (Å²) in [6.07, 6.45) is 0.686. The summed E-state index contributed by atoms with van der Waals surface area (Å²) in [4.78, 5) is 25.5. The van der Waals surface area contributed by atoms with Crippen LogP contribution >= 0.6 is 11.8 Å². The normalized spacial score (nSPS) is 24.2. The minimum atomic E-state index is -0.531. The van der Waals surface area contributed by atoms with E-state index in [-0.39, 0.29) is 16.6 Å². The lowest BCUT2D eigenvalue weighted by Crippen LogP contribution is -2.36. The monoisotopic (exact) mass is 273 g/mol. The van der Waals surface area contributed by atoms with Gasteiger partial charge in [-0.25, -0.2) is 0 Å². The van der Waals surface area contributed by atoms with Crippen LogP contribution < -0.4 is 0 Å². The van der Waals surface area contributed by atoms with Gasteiger partial charge in [0, 0.05) is 17.8 Å². The highest BCUT2D eigenvalue weighted by Gasteiger charge is 2.42. The minimum absolute atomic E-state index is 0.0844. The zero-order chi connectivity index (χ0) is 14.0. The SMILES string of the molecule is COC(=O)C1(C)CCN(C(=O)CSC(C)(C)C)C1. The number of thioether (sulfide) groups is 1. The lowest BCUT2D eigenvalue weighted by Gasteiger charge is -2.23. The van der Waals surface area contributed by atoms with Crippen molar-refractivity contribution in [3.8, 4) is 0 Å². The molecule has 0 aromatic rings. The standard InChI is InChI=1S/C13H23NO3S/c1-12(2,3)18-8-10(15)14-7-6-13(4,9-14)11(16)17-5/h6-9H2,1-5H3. The summed E-state index contributed by atoms with van der Waals surface area (Å²) in [5.41, 5.74) is -0.531. The molecule has 1 amide bonds. The first kappa shape index (κ1) is 15.3. The Morgan fingerprint density at radius 1 is 1.39 bits per heavy atom. The van der Waals surface area contributed by atoms with Crippen LogP contribution in [-0.4, -0.2) is 47.5 Å². The maximum Gasteiger partial charge on any atom is 0.313 e. The van der Waals surface area contributed by atoms with Crippen molar-refractivity contribution >= 4 is 23.6 Å². The third-order valence-electron chi connectivity index (χ3n) is 3.13. The van der Waals surface area contributed by atoms with Gasteiger partial charge in [-0.15, -0.1) is 11.8 Å². The zero-order valence-corrected chi connectivity index (χ0v) is 12.7. The Bertz CT molecular complexity index is 338. The molecule has 1 saturated heterocycles. The molecule has 0 aromatic carbocycles. The molecule has 0 saturated carbocycles. The molecule has 18 heavy (non-hydrogen) atoms. The van der Waals surface area contributed by atoms with Gasteiger partial charge in [0.15, 0.2) is 0 Å². The quantitative estimate of drug-likeness (QED) is 0.737. The number of methoxy groups -OCH3 is 1. The van der Waals surface area contributed by atoms with Gasteiger partial charge >= 0.3 is 5.97 Å². The Morgan fingerprint density at radius 3 is 2.50 bits per heavy atom. The molecule has 5 heteroatoms. The molecule has 1 unspecified atom stereocenters. The summed E-state index contributed by atoms with van der Waals surface area (Å²) in [6.45, 7) is 9.26. The Hall–Kier alpha value is -0.710. The summed E-state index contributed by atoms with van der Waals surface area (Å²) < 4.78 is 4.88. The van der Waals surface area contributed by atoms with Crippen LogP contribution in [0.25, 0.3) is 0 Å². The molecule has 0 N–H and O–H groups in total. The van der Waals surface area contributed by atoms with E-state index in [1.54, 1.807) is 16.7 Å². The van der Waals surface area contributed by atoms with E-state index in [4.69, 9.17) is 4.74 Å². The number of esters is 1. The predicted molar refractivity (Wildman–Crippen MR) is 73.5 cm³/mol. The minimum Gasteiger partial charge on any atom is -0.469 e. The molecular formula is C13H23NO3S. The summed E-state index contributed by atoms with van der Waals surface area (Å²) in [6, 6.07) is 0. The number of carbonyl (C=O) groups is 2. The highest BCUT2D eigenvalue weighted by Crippen LogP contribution is 2.32. The Balaban J connectivity index is 2.51. The summed E-state index contributed by atoms with van der Waals surface area (Å²) in [5, 5.41) is 0. The third-order valence-corrected chi connectivity index (χ3v) is 4.39. The molecule has 1 atom stereocenters. The molecule has 1 heterocycles. The lowest BCUT2D eigenvalue weighted by molar-refractivity contribution is -0.151. The van der Waals surface area contributed by atoms with Gasteiger partial charge in [-0.1, -0.05) is 20.8 Å². The average Bonchev–Trinajstić information content (AvgIpc) is 2.68. The Morgan fingerprint density at radius 2 is 2.00 bits per heavy atom. The van der Waals surface area contributed by atoms with Crippen molar-refractivity contribution in [2.24, 2.45) is 5.41 Å². The van der Waals surface area contributed by atoms with Gasteiger partial charge in [-0.05, 0) is 13.3 Å².